The number of nitrogens with zero attached hydrogens (tertiary/aromatic N) is 5. The van der Waals surface area contributed by atoms with Crippen LogP contribution in [0.2, 0.25) is 0 Å². The third-order valence-electron chi connectivity index (χ3n) is 4.65. The van der Waals surface area contributed by atoms with Crippen LogP contribution in [0.25, 0.3) is 11.0 Å². The molecule has 132 valence electrons. The molecule has 3 aromatic rings. The fourth-order valence-corrected chi connectivity index (χ4v) is 3.25. The monoisotopic (exact) mass is 348 g/mol. The first-order chi connectivity index (χ1) is 12.7. The van der Waals surface area contributed by atoms with Gasteiger partial charge in [0.15, 0.2) is 0 Å². The molecule has 26 heavy (non-hydrogen) atoms. The minimum Gasteiger partial charge on any atom is -0.367 e. The largest absolute Gasteiger partial charge is 0.367 e. The third kappa shape index (κ3) is 3.46. The highest BCUT2D eigenvalue weighted by Gasteiger charge is 2.24. The normalized spacial score (nSPS) is 15.2. The van der Waals surface area contributed by atoms with E-state index >= 15 is 0 Å². The molecule has 1 fully saturated rings. The summed E-state index contributed by atoms with van der Waals surface area (Å²) in [6.07, 6.45) is 6.65. The van der Waals surface area contributed by atoms with Gasteiger partial charge in [-0.1, -0.05) is 0 Å². The summed E-state index contributed by atoms with van der Waals surface area (Å²) < 4.78 is 0. The molecule has 4 rings (SSSR count). The number of carbonyl (C=O) groups excluding carboxylic acids is 1. The van der Waals surface area contributed by atoms with Gasteiger partial charge in [0.2, 0.25) is 0 Å². The number of amides is 1. The molecule has 0 unspecified atom stereocenters. The van der Waals surface area contributed by atoms with Crippen LogP contribution in [0.1, 0.15) is 28.9 Å². The number of hydrogen-bond acceptors (Lipinski definition) is 6. The lowest BCUT2D eigenvalue weighted by Gasteiger charge is -2.32. The molecule has 0 spiro atoms. The summed E-state index contributed by atoms with van der Waals surface area (Å²) in [4.78, 5) is 31.6. The predicted octanol–water partition coefficient (Wildman–Crippen LogP) is 2.44. The molecule has 0 saturated carbocycles. The second kappa shape index (κ2) is 7.03. The van der Waals surface area contributed by atoms with Gasteiger partial charge in [-0.2, -0.15) is 0 Å². The van der Waals surface area contributed by atoms with Gasteiger partial charge in [0, 0.05) is 48.8 Å². The summed E-state index contributed by atoms with van der Waals surface area (Å²) in [6, 6.07) is 7.75. The Morgan fingerprint density at radius 3 is 2.58 bits per heavy atom. The molecular formula is C19H20N6O. The summed E-state index contributed by atoms with van der Waals surface area (Å²) in [5.41, 5.74) is 3.14. The first-order valence-electron chi connectivity index (χ1n) is 8.74. The zero-order valence-electron chi connectivity index (χ0n) is 14.6. The van der Waals surface area contributed by atoms with E-state index in [-0.39, 0.29) is 5.91 Å². The Labute approximate surface area is 151 Å². The molecular weight excluding hydrogens is 328 g/mol. The number of aromatic nitrogens is 4. The van der Waals surface area contributed by atoms with E-state index in [9.17, 15) is 4.79 Å². The van der Waals surface area contributed by atoms with Gasteiger partial charge in [-0.15, -0.1) is 0 Å². The standard InChI is InChI=1S/C19H20N6O/c1-13-10-18(23-12-22-13)24-15-4-8-25(9-5-15)19(26)14-2-3-16-17(11-14)21-7-6-20-16/h2-3,6-7,10-12,15H,4-5,8-9H2,1H3,(H,22,23,24). The van der Waals surface area contributed by atoms with Gasteiger partial charge in [0.05, 0.1) is 11.0 Å². The van der Waals surface area contributed by atoms with E-state index in [4.69, 9.17) is 0 Å². The molecule has 3 heterocycles. The minimum atomic E-state index is 0.0499. The average molecular weight is 348 g/mol. The van der Waals surface area contributed by atoms with E-state index in [1.165, 1.54) is 0 Å². The molecule has 2 aromatic heterocycles. The van der Waals surface area contributed by atoms with Crippen molar-refractivity contribution < 1.29 is 4.79 Å². The van der Waals surface area contributed by atoms with Crippen molar-refractivity contribution in [3.8, 4) is 0 Å². The number of anilines is 1. The number of benzene rings is 1. The van der Waals surface area contributed by atoms with Gasteiger partial charge >= 0.3 is 0 Å². The van der Waals surface area contributed by atoms with Gasteiger partial charge in [0.25, 0.3) is 5.91 Å². The number of nitrogens with one attached hydrogen (secondary N) is 1. The van der Waals surface area contributed by atoms with Gasteiger partial charge in [-0.3, -0.25) is 14.8 Å². The molecule has 1 aliphatic heterocycles. The van der Waals surface area contributed by atoms with Crippen LogP contribution in [0.5, 0.6) is 0 Å². The van der Waals surface area contributed by atoms with Crippen LogP contribution in [-0.2, 0) is 0 Å². The smallest absolute Gasteiger partial charge is 0.253 e. The van der Waals surface area contributed by atoms with Crippen molar-refractivity contribution in [2.45, 2.75) is 25.8 Å². The lowest BCUT2D eigenvalue weighted by Crippen LogP contribution is -2.42. The Kier molecular flexibility index (Phi) is 4.43. The summed E-state index contributed by atoms with van der Waals surface area (Å²) in [5.74, 6) is 0.893. The fourth-order valence-electron chi connectivity index (χ4n) is 3.25. The van der Waals surface area contributed by atoms with Gasteiger partial charge in [0.1, 0.15) is 12.1 Å². The zero-order chi connectivity index (χ0) is 17.9. The van der Waals surface area contributed by atoms with Crippen molar-refractivity contribution >= 4 is 22.8 Å². The Morgan fingerprint density at radius 2 is 1.81 bits per heavy atom. The quantitative estimate of drug-likeness (QED) is 0.783. The molecule has 0 radical (unpaired) electrons. The molecule has 7 heteroatoms. The first-order valence-corrected chi connectivity index (χ1v) is 8.74. The fraction of sp³-hybridized carbons (Fsp3) is 0.316. The summed E-state index contributed by atoms with van der Waals surface area (Å²) in [5, 5.41) is 3.44. The number of rotatable bonds is 3. The zero-order valence-corrected chi connectivity index (χ0v) is 14.6. The average Bonchev–Trinajstić information content (AvgIpc) is 2.68. The number of hydrogen-bond donors (Lipinski definition) is 1. The molecule has 1 amide bonds. The molecule has 1 aromatic carbocycles. The van der Waals surface area contributed by atoms with Crippen LogP contribution in [0.15, 0.2) is 43.0 Å². The highest BCUT2D eigenvalue weighted by atomic mass is 16.2. The van der Waals surface area contributed by atoms with Gasteiger partial charge in [-0.05, 0) is 38.0 Å². The van der Waals surface area contributed by atoms with E-state index < -0.39 is 0 Å². The molecule has 0 aliphatic carbocycles. The maximum absolute atomic E-state index is 12.8. The predicted molar refractivity (Wildman–Crippen MR) is 98.9 cm³/mol. The number of likely N-dealkylation sites (tertiary alicyclic amines) is 1. The number of aryl methyl sites for hydroxylation is 1. The second-order valence-electron chi connectivity index (χ2n) is 6.52. The maximum Gasteiger partial charge on any atom is 0.253 e. The molecule has 7 nitrogen and oxygen atoms in total. The molecule has 1 saturated heterocycles. The van der Waals surface area contributed by atoms with E-state index in [0.717, 1.165) is 48.5 Å². The Hall–Kier alpha value is -3.09. The summed E-state index contributed by atoms with van der Waals surface area (Å²) in [6.45, 7) is 3.39. The van der Waals surface area contributed by atoms with Crippen molar-refractivity contribution in [2.24, 2.45) is 0 Å². The van der Waals surface area contributed by atoms with Crippen molar-refractivity contribution in [1.82, 2.24) is 24.8 Å². The topological polar surface area (TPSA) is 83.9 Å². The van der Waals surface area contributed by atoms with E-state index in [1.807, 2.05) is 36.1 Å². The van der Waals surface area contributed by atoms with Crippen LogP contribution in [-0.4, -0.2) is 49.9 Å². The highest BCUT2D eigenvalue weighted by molar-refractivity contribution is 5.97. The van der Waals surface area contributed by atoms with E-state index in [0.29, 0.717) is 11.6 Å². The minimum absolute atomic E-state index is 0.0499. The van der Waals surface area contributed by atoms with Crippen LogP contribution in [0.3, 0.4) is 0 Å². The number of fused-ring (bicyclic) bond motifs is 1. The lowest BCUT2D eigenvalue weighted by atomic mass is 10.0. The number of carbonyl (C=O) groups is 1. The summed E-state index contributed by atoms with van der Waals surface area (Å²) >= 11 is 0. The van der Waals surface area contributed by atoms with Crippen LogP contribution >= 0.6 is 0 Å². The van der Waals surface area contributed by atoms with Crippen LogP contribution < -0.4 is 5.32 Å². The van der Waals surface area contributed by atoms with Crippen molar-refractivity contribution in [2.75, 3.05) is 18.4 Å². The Bertz CT molecular complexity index is 936. The third-order valence-corrected chi connectivity index (χ3v) is 4.65. The SMILES string of the molecule is Cc1cc(NC2CCN(C(=O)c3ccc4nccnc4c3)CC2)ncn1. The number of piperidine rings is 1. The van der Waals surface area contributed by atoms with Crippen molar-refractivity contribution in [3.05, 3.63) is 54.2 Å². The Balaban J connectivity index is 1.39. The molecule has 1 N–H and O–H groups in total. The molecule has 0 bridgehead atoms. The van der Waals surface area contributed by atoms with Crippen LogP contribution in [0.4, 0.5) is 5.82 Å². The van der Waals surface area contributed by atoms with Crippen molar-refractivity contribution in [1.29, 1.82) is 0 Å². The van der Waals surface area contributed by atoms with Crippen LogP contribution in [0, 0.1) is 6.92 Å². The molecule has 1 aliphatic rings. The van der Waals surface area contributed by atoms with E-state index in [2.05, 4.69) is 25.3 Å². The van der Waals surface area contributed by atoms with E-state index in [1.54, 1.807) is 18.7 Å². The van der Waals surface area contributed by atoms with Crippen molar-refractivity contribution in [3.63, 3.8) is 0 Å². The highest BCUT2D eigenvalue weighted by Crippen LogP contribution is 2.19. The van der Waals surface area contributed by atoms with Gasteiger partial charge < -0.3 is 10.2 Å². The maximum atomic E-state index is 12.8. The lowest BCUT2D eigenvalue weighted by molar-refractivity contribution is 0.0718. The summed E-state index contributed by atoms with van der Waals surface area (Å²) in [7, 11) is 0. The Morgan fingerprint density at radius 1 is 1.04 bits per heavy atom. The van der Waals surface area contributed by atoms with Gasteiger partial charge in [-0.25, -0.2) is 9.97 Å². The molecule has 0 atom stereocenters. The first kappa shape index (κ1) is 16.4. The second-order valence-corrected chi connectivity index (χ2v) is 6.52.